The second-order valence-corrected chi connectivity index (χ2v) is 7.53. The molecule has 0 aromatic heterocycles. The summed E-state index contributed by atoms with van der Waals surface area (Å²) in [5.41, 5.74) is 2.98. The van der Waals surface area contributed by atoms with Crippen LogP contribution in [0.25, 0.3) is 11.6 Å². The monoisotopic (exact) mass is 485 g/mol. The maximum atomic E-state index is 13.1. The van der Waals surface area contributed by atoms with E-state index in [0.717, 1.165) is 25.6 Å². The lowest BCUT2D eigenvalue weighted by Gasteiger charge is -2.13. The topological polar surface area (TPSA) is 33.0 Å². The molecule has 0 heterocycles. The Hall–Kier alpha value is -2.42. The van der Waals surface area contributed by atoms with Crippen LogP contribution >= 0.6 is 31.9 Å². The van der Waals surface area contributed by atoms with Crippen molar-refractivity contribution in [3.63, 3.8) is 0 Å². The highest BCUT2D eigenvalue weighted by atomic mass is 79.9. The zero-order valence-electron chi connectivity index (χ0n) is 14.1. The summed E-state index contributed by atoms with van der Waals surface area (Å²) in [6, 6.07) is 21.7. The molecule has 3 aromatic rings. The van der Waals surface area contributed by atoms with E-state index < -0.39 is 0 Å². The van der Waals surface area contributed by atoms with Gasteiger partial charge in [-0.15, -0.1) is 0 Å². The first-order chi connectivity index (χ1) is 13.1. The van der Waals surface area contributed by atoms with Crippen molar-refractivity contribution in [1.82, 2.24) is 0 Å². The third-order valence-corrected chi connectivity index (χ3v) is 4.89. The van der Waals surface area contributed by atoms with Gasteiger partial charge < -0.3 is 4.74 Å². The number of rotatable bonds is 5. The van der Waals surface area contributed by atoms with Gasteiger partial charge in [0.15, 0.2) is 0 Å². The summed E-state index contributed by atoms with van der Waals surface area (Å²) in [7, 11) is 0. The highest BCUT2D eigenvalue weighted by molar-refractivity contribution is 9.11. The quantitative estimate of drug-likeness (QED) is 0.287. The van der Waals surface area contributed by atoms with Crippen molar-refractivity contribution in [2.24, 2.45) is 0 Å². The summed E-state index contributed by atoms with van der Waals surface area (Å²) in [5.74, 6) is 0.333. The third kappa shape index (κ3) is 5.06. The predicted molar refractivity (Wildman–Crippen MR) is 112 cm³/mol. The molecule has 0 atom stereocenters. The molecule has 0 saturated heterocycles. The SMILES string of the molecule is N#C/C(=C\c1cc(Br)cc(Br)c1OCc1ccc(F)cc1)c1ccccc1. The molecule has 3 rings (SSSR count). The number of hydrogen-bond acceptors (Lipinski definition) is 2. The summed E-state index contributed by atoms with van der Waals surface area (Å²) in [4.78, 5) is 0. The molecule has 0 radical (unpaired) electrons. The fourth-order valence-corrected chi connectivity index (χ4v) is 3.90. The minimum atomic E-state index is -0.284. The van der Waals surface area contributed by atoms with Crippen molar-refractivity contribution < 1.29 is 9.13 Å². The molecule has 0 fully saturated rings. The lowest BCUT2D eigenvalue weighted by molar-refractivity contribution is 0.303. The Kier molecular flexibility index (Phi) is 6.44. The van der Waals surface area contributed by atoms with E-state index in [1.54, 1.807) is 18.2 Å². The Balaban J connectivity index is 1.96. The molecule has 0 saturated carbocycles. The van der Waals surface area contributed by atoms with Gasteiger partial charge in [0.2, 0.25) is 0 Å². The number of nitriles is 1. The molecule has 0 bridgehead atoms. The smallest absolute Gasteiger partial charge is 0.141 e. The van der Waals surface area contributed by atoms with Gasteiger partial charge in [0.1, 0.15) is 18.2 Å². The zero-order valence-corrected chi connectivity index (χ0v) is 17.3. The number of ether oxygens (including phenoxy) is 1. The number of benzene rings is 3. The van der Waals surface area contributed by atoms with Gasteiger partial charge in [-0.2, -0.15) is 5.26 Å². The molecule has 5 heteroatoms. The summed E-state index contributed by atoms with van der Waals surface area (Å²) in [6.45, 7) is 0.286. The van der Waals surface area contributed by atoms with Gasteiger partial charge in [-0.05, 0) is 57.4 Å². The maximum absolute atomic E-state index is 13.1. The Morgan fingerprint density at radius 1 is 1.04 bits per heavy atom. The first kappa shape index (κ1) is 19.3. The van der Waals surface area contributed by atoms with Gasteiger partial charge >= 0.3 is 0 Å². The van der Waals surface area contributed by atoms with E-state index in [2.05, 4.69) is 37.9 Å². The van der Waals surface area contributed by atoms with Gasteiger partial charge in [-0.3, -0.25) is 0 Å². The predicted octanol–water partition coefficient (Wildman–Crippen LogP) is 6.99. The van der Waals surface area contributed by atoms with E-state index in [4.69, 9.17) is 4.74 Å². The Labute approximate surface area is 174 Å². The number of halogens is 3. The van der Waals surface area contributed by atoms with Gasteiger partial charge in [0.25, 0.3) is 0 Å². The largest absolute Gasteiger partial charge is 0.487 e. The molecular weight excluding hydrogens is 473 g/mol. The van der Waals surface area contributed by atoms with Crippen LogP contribution in [-0.2, 0) is 6.61 Å². The van der Waals surface area contributed by atoms with Crippen molar-refractivity contribution in [2.75, 3.05) is 0 Å². The highest BCUT2D eigenvalue weighted by Crippen LogP contribution is 2.35. The van der Waals surface area contributed by atoms with Crippen molar-refractivity contribution in [1.29, 1.82) is 5.26 Å². The molecule has 0 amide bonds. The van der Waals surface area contributed by atoms with E-state index in [-0.39, 0.29) is 12.4 Å². The summed E-state index contributed by atoms with van der Waals surface area (Å²) < 4.78 is 20.7. The molecule has 27 heavy (non-hydrogen) atoms. The fourth-order valence-electron chi connectivity index (χ4n) is 2.53. The molecule has 0 aliphatic rings. The summed E-state index contributed by atoms with van der Waals surface area (Å²) in [6.07, 6.45) is 1.80. The molecule has 0 aliphatic carbocycles. The van der Waals surface area contributed by atoms with E-state index in [9.17, 15) is 9.65 Å². The Morgan fingerprint density at radius 3 is 2.41 bits per heavy atom. The summed E-state index contributed by atoms with van der Waals surface area (Å²) >= 11 is 7.00. The van der Waals surface area contributed by atoms with Crippen LogP contribution in [0.2, 0.25) is 0 Å². The average Bonchev–Trinajstić information content (AvgIpc) is 2.67. The van der Waals surface area contributed by atoms with E-state index in [1.165, 1.54) is 12.1 Å². The van der Waals surface area contributed by atoms with Gasteiger partial charge in [0.05, 0.1) is 16.1 Å². The second-order valence-electron chi connectivity index (χ2n) is 5.76. The molecule has 0 N–H and O–H groups in total. The highest BCUT2D eigenvalue weighted by Gasteiger charge is 2.11. The van der Waals surface area contributed by atoms with Crippen LogP contribution in [0, 0.1) is 17.1 Å². The first-order valence-corrected chi connectivity index (χ1v) is 9.69. The van der Waals surface area contributed by atoms with Gasteiger partial charge in [0, 0.05) is 10.0 Å². The number of hydrogen-bond donors (Lipinski definition) is 0. The maximum Gasteiger partial charge on any atom is 0.141 e. The molecule has 0 unspecified atom stereocenters. The zero-order chi connectivity index (χ0) is 19.2. The van der Waals surface area contributed by atoms with Crippen LogP contribution < -0.4 is 4.74 Å². The minimum absolute atomic E-state index is 0.284. The van der Waals surface area contributed by atoms with Crippen LogP contribution in [0.15, 0.2) is 75.7 Å². The van der Waals surface area contributed by atoms with E-state index >= 15 is 0 Å². The Morgan fingerprint density at radius 2 is 1.74 bits per heavy atom. The van der Waals surface area contributed by atoms with Crippen LogP contribution in [-0.4, -0.2) is 0 Å². The van der Waals surface area contributed by atoms with Gasteiger partial charge in [-0.25, -0.2) is 4.39 Å². The first-order valence-electron chi connectivity index (χ1n) is 8.10. The van der Waals surface area contributed by atoms with Crippen molar-refractivity contribution >= 4 is 43.5 Å². The van der Waals surface area contributed by atoms with Crippen LogP contribution in [0.5, 0.6) is 5.75 Å². The molecule has 0 aliphatic heterocycles. The third-order valence-electron chi connectivity index (χ3n) is 3.84. The van der Waals surface area contributed by atoms with Crippen LogP contribution in [0.3, 0.4) is 0 Å². The molecule has 0 spiro atoms. The summed E-state index contributed by atoms with van der Waals surface area (Å²) in [5, 5.41) is 9.59. The standard InChI is InChI=1S/C22H14Br2FNO/c23-19-11-17(10-18(13-26)16-4-2-1-3-5-16)22(21(24)12-19)27-14-15-6-8-20(25)9-7-15/h1-12H,14H2/b18-10+. The lowest BCUT2D eigenvalue weighted by Crippen LogP contribution is -1.98. The minimum Gasteiger partial charge on any atom is -0.487 e. The molecular formula is C22H14Br2FNO. The van der Waals surface area contributed by atoms with Gasteiger partial charge in [-0.1, -0.05) is 58.4 Å². The fraction of sp³-hybridized carbons (Fsp3) is 0.0455. The van der Waals surface area contributed by atoms with E-state index in [0.29, 0.717) is 11.3 Å². The van der Waals surface area contributed by atoms with Crippen LogP contribution in [0.1, 0.15) is 16.7 Å². The Bertz CT molecular complexity index is 1010. The average molecular weight is 487 g/mol. The number of nitrogens with zero attached hydrogens (tertiary/aromatic N) is 1. The lowest BCUT2D eigenvalue weighted by atomic mass is 10.0. The number of allylic oxidation sites excluding steroid dienone is 1. The molecule has 134 valence electrons. The van der Waals surface area contributed by atoms with Crippen molar-refractivity contribution in [2.45, 2.75) is 6.61 Å². The molecule has 2 nitrogen and oxygen atoms in total. The molecule has 3 aromatic carbocycles. The second kappa shape index (κ2) is 8.98. The normalized spacial score (nSPS) is 11.1. The van der Waals surface area contributed by atoms with Crippen molar-refractivity contribution in [3.8, 4) is 11.8 Å². The van der Waals surface area contributed by atoms with E-state index in [1.807, 2.05) is 42.5 Å². The van der Waals surface area contributed by atoms with Crippen molar-refractivity contribution in [3.05, 3.63) is 98.2 Å². The van der Waals surface area contributed by atoms with Crippen LogP contribution in [0.4, 0.5) is 4.39 Å².